The number of pyridine rings is 2. The van der Waals surface area contributed by atoms with Crippen molar-refractivity contribution in [2.75, 3.05) is 38.6 Å². The van der Waals surface area contributed by atoms with E-state index in [0.29, 0.717) is 41.2 Å². The van der Waals surface area contributed by atoms with Gasteiger partial charge in [0, 0.05) is 49.9 Å². The molecule has 5 N–H and O–H groups in total. The summed E-state index contributed by atoms with van der Waals surface area (Å²) in [7, 11) is 1.48. The Morgan fingerprint density at radius 3 is 2.59 bits per heavy atom. The van der Waals surface area contributed by atoms with Crippen molar-refractivity contribution < 1.29 is 34.1 Å². The zero-order valence-corrected chi connectivity index (χ0v) is 32.5. The molecule has 0 radical (unpaired) electrons. The summed E-state index contributed by atoms with van der Waals surface area (Å²) in [6.45, 7) is 3.71. The molecule has 0 unspecified atom stereocenters. The van der Waals surface area contributed by atoms with Crippen LogP contribution in [0.2, 0.25) is 10.0 Å². The SMILES string of the molecule is COc1nc(O[C@H]2CCc3c(-c4cccc(C(=O)Nc5ccc(CN6CCC7(CC6)CNC(=O)C7)cn5)c4Cl)cccc32)c(Cl)cc1CNC[C@@H](O)CC(=O)O. The van der Waals surface area contributed by atoms with E-state index in [1.54, 1.807) is 24.4 Å². The van der Waals surface area contributed by atoms with Gasteiger partial charge in [0.25, 0.3) is 5.91 Å². The fourth-order valence-electron chi connectivity index (χ4n) is 7.89. The number of aliphatic hydroxyl groups excluding tert-OH is 1. The van der Waals surface area contributed by atoms with Crippen LogP contribution >= 0.6 is 23.2 Å². The van der Waals surface area contributed by atoms with Crippen LogP contribution in [0.3, 0.4) is 0 Å². The van der Waals surface area contributed by atoms with Gasteiger partial charge < -0.3 is 35.6 Å². The van der Waals surface area contributed by atoms with E-state index in [2.05, 4.69) is 30.8 Å². The highest BCUT2D eigenvalue weighted by Gasteiger charge is 2.40. The summed E-state index contributed by atoms with van der Waals surface area (Å²) in [5, 5.41) is 28.2. The minimum absolute atomic E-state index is 0.0699. The number of likely N-dealkylation sites (tertiary alicyclic amines) is 1. The van der Waals surface area contributed by atoms with Gasteiger partial charge in [-0.15, -0.1) is 0 Å². The van der Waals surface area contributed by atoms with Gasteiger partial charge in [-0.2, -0.15) is 4.98 Å². The fourth-order valence-corrected chi connectivity index (χ4v) is 8.42. The number of carbonyl (C=O) groups is 3. The van der Waals surface area contributed by atoms with Crippen LogP contribution in [0, 0.1) is 5.41 Å². The smallest absolute Gasteiger partial charge is 0.306 e. The third-order valence-corrected chi connectivity index (χ3v) is 11.5. The maximum absolute atomic E-state index is 13.5. The van der Waals surface area contributed by atoms with Crippen LogP contribution in [0.5, 0.6) is 11.8 Å². The van der Waals surface area contributed by atoms with Crippen molar-refractivity contribution in [3.05, 3.63) is 98.7 Å². The Morgan fingerprint density at radius 2 is 1.88 bits per heavy atom. The summed E-state index contributed by atoms with van der Waals surface area (Å²) in [6.07, 6.45) is 4.01. The van der Waals surface area contributed by atoms with Crippen molar-refractivity contribution in [1.82, 2.24) is 25.5 Å². The Bertz CT molecular complexity index is 2110. The molecule has 2 fully saturated rings. The number of anilines is 1. The molecule has 294 valence electrons. The highest BCUT2D eigenvalue weighted by atomic mass is 35.5. The number of rotatable bonds is 14. The predicted molar refractivity (Wildman–Crippen MR) is 211 cm³/mol. The summed E-state index contributed by atoms with van der Waals surface area (Å²) in [5.41, 5.74) is 5.74. The number of aliphatic carboxylic acids is 1. The number of ether oxygens (including phenoxy) is 2. The lowest BCUT2D eigenvalue weighted by atomic mass is 9.77. The molecule has 2 saturated heterocycles. The molecule has 2 aromatic heterocycles. The van der Waals surface area contributed by atoms with E-state index in [-0.39, 0.29) is 59.6 Å². The molecule has 2 aliphatic heterocycles. The average Bonchev–Trinajstić information content (AvgIpc) is 3.76. The number of hydrogen-bond donors (Lipinski definition) is 5. The van der Waals surface area contributed by atoms with E-state index in [0.717, 1.165) is 66.8 Å². The van der Waals surface area contributed by atoms with Gasteiger partial charge in [0.1, 0.15) is 16.9 Å². The van der Waals surface area contributed by atoms with E-state index in [9.17, 15) is 19.5 Å². The van der Waals surface area contributed by atoms with Crippen molar-refractivity contribution >= 4 is 46.8 Å². The zero-order chi connectivity index (χ0) is 39.4. The standard InChI is InChI=1S/C41H44Cl2N6O7/c1-55-39-25(20-44-21-26(50)17-36(52)53)16-32(42)40(48-39)56-33-10-9-28-27(4-2-5-29(28)33)30-6-3-7-31(37(30)43)38(54)47-34-11-8-24(19-45-34)22-49-14-12-41(13-15-49)18-35(51)46-23-41/h2-8,11,16,19,26,33,44,50H,9-10,12-15,17-18,20-23H2,1H3,(H,46,51)(H,52,53)(H,45,47,54)/t26-,33-/m0/s1. The van der Waals surface area contributed by atoms with Crippen molar-refractivity contribution in [2.45, 2.75) is 63.8 Å². The third kappa shape index (κ3) is 8.92. The molecular formula is C41H44Cl2N6O7. The van der Waals surface area contributed by atoms with Crippen molar-refractivity contribution in [3.63, 3.8) is 0 Å². The minimum atomic E-state index is -1.08. The number of halogens is 2. The van der Waals surface area contributed by atoms with Crippen molar-refractivity contribution in [1.29, 1.82) is 0 Å². The number of fused-ring (bicyclic) bond motifs is 1. The molecular weight excluding hydrogens is 759 g/mol. The van der Waals surface area contributed by atoms with Gasteiger partial charge in [-0.1, -0.05) is 59.6 Å². The Balaban J connectivity index is 0.992. The van der Waals surface area contributed by atoms with Gasteiger partial charge in [0.05, 0.1) is 30.2 Å². The second-order valence-corrected chi connectivity index (χ2v) is 15.5. The second kappa shape index (κ2) is 17.1. The van der Waals surface area contributed by atoms with Crippen LogP contribution < -0.4 is 25.4 Å². The lowest BCUT2D eigenvalue weighted by Crippen LogP contribution is -2.40. The number of hydrogen-bond acceptors (Lipinski definition) is 10. The molecule has 2 aromatic carbocycles. The van der Waals surface area contributed by atoms with Gasteiger partial charge in [0.15, 0.2) is 0 Å². The maximum atomic E-state index is 13.5. The molecule has 1 spiro atoms. The van der Waals surface area contributed by atoms with Crippen LogP contribution in [0.25, 0.3) is 11.1 Å². The van der Waals surface area contributed by atoms with Gasteiger partial charge in [-0.05, 0) is 84.6 Å². The van der Waals surface area contributed by atoms with Gasteiger partial charge in [-0.25, -0.2) is 4.98 Å². The minimum Gasteiger partial charge on any atom is -0.481 e. The first-order valence-corrected chi connectivity index (χ1v) is 19.4. The normalized spacial score (nSPS) is 18.0. The number of amides is 2. The van der Waals surface area contributed by atoms with Gasteiger partial charge >= 0.3 is 5.97 Å². The molecule has 0 saturated carbocycles. The van der Waals surface area contributed by atoms with Crippen LogP contribution in [0.1, 0.15) is 70.8 Å². The molecule has 2 atom stereocenters. The van der Waals surface area contributed by atoms with E-state index < -0.39 is 12.1 Å². The monoisotopic (exact) mass is 802 g/mol. The molecule has 4 aromatic rings. The van der Waals surface area contributed by atoms with Gasteiger partial charge in [0.2, 0.25) is 17.7 Å². The van der Waals surface area contributed by atoms with Crippen molar-refractivity contribution in [3.8, 4) is 22.9 Å². The second-order valence-electron chi connectivity index (χ2n) is 14.7. The maximum Gasteiger partial charge on any atom is 0.306 e. The lowest BCUT2D eigenvalue weighted by Gasteiger charge is -2.38. The summed E-state index contributed by atoms with van der Waals surface area (Å²) < 4.78 is 11.9. The number of aliphatic hydroxyl groups is 1. The molecule has 56 heavy (non-hydrogen) atoms. The largest absolute Gasteiger partial charge is 0.481 e. The Morgan fingerprint density at radius 1 is 1.09 bits per heavy atom. The number of aromatic nitrogens is 2. The van der Waals surface area contributed by atoms with Crippen LogP contribution in [0.4, 0.5) is 5.82 Å². The molecule has 4 heterocycles. The van der Waals surface area contributed by atoms with E-state index in [1.165, 1.54) is 7.11 Å². The topological polar surface area (TPSA) is 175 Å². The first-order chi connectivity index (χ1) is 27.0. The third-order valence-electron chi connectivity index (χ3n) is 10.9. The number of methoxy groups -OCH3 is 1. The summed E-state index contributed by atoms with van der Waals surface area (Å²) in [4.78, 5) is 47.6. The van der Waals surface area contributed by atoms with Crippen LogP contribution in [-0.2, 0) is 29.1 Å². The highest BCUT2D eigenvalue weighted by molar-refractivity contribution is 6.37. The first-order valence-electron chi connectivity index (χ1n) is 18.7. The van der Waals surface area contributed by atoms with Crippen LogP contribution in [0.15, 0.2) is 60.8 Å². The molecule has 7 rings (SSSR count). The Kier molecular flexibility index (Phi) is 12.1. The number of nitrogens with one attached hydrogen (secondary N) is 3. The quantitative estimate of drug-likeness (QED) is 0.104. The molecule has 2 amide bonds. The summed E-state index contributed by atoms with van der Waals surface area (Å²) >= 11 is 13.6. The molecule has 1 aliphatic carbocycles. The summed E-state index contributed by atoms with van der Waals surface area (Å²) in [6, 6.07) is 16.8. The molecule has 13 nitrogen and oxygen atoms in total. The van der Waals surface area contributed by atoms with Crippen LogP contribution in [-0.4, -0.2) is 82.3 Å². The predicted octanol–water partition coefficient (Wildman–Crippen LogP) is 5.80. The summed E-state index contributed by atoms with van der Waals surface area (Å²) in [5.74, 6) is -0.364. The first kappa shape index (κ1) is 39.4. The molecule has 3 aliphatic rings. The van der Waals surface area contributed by atoms with Gasteiger partial charge in [-0.3, -0.25) is 19.3 Å². The Labute approximate surface area is 334 Å². The average molecular weight is 804 g/mol. The number of carboxylic acids is 1. The number of benzene rings is 2. The Hall–Kier alpha value is -4.79. The number of carbonyl (C=O) groups excluding carboxylic acids is 2. The van der Waals surface area contributed by atoms with E-state index in [1.807, 2.05) is 36.4 Å². The number of piperidine rings is 1. The highest BCUT2D eigenvalue weighted by Crippen LogP contribution is 2.44. The molecule has 15 heteroatoms. The number of nitrogens with zero attached hydrogens (tertiary/aromatic N) is 3. The zero-order valence-electron chi connectivity index (χ0n) is 30.9. The van der Waals surface area contributed by atoms with Crippen molar-refractivity contribution in [2.24, 2.45) is 5.41 Å². The van der Waals surface area contributed by atoms with E-state index >= 15 is 0 Å². The number of carboxylic acid groups (broad SMARTS) is 1. The fraction of sp³-hybridized carbons (Fsp3) is 0.390. The van der Waals surface area contributed by atoms with E-state index in [4.69, 9.17) is 37.8 Å². The lowest BCUT2D eigenvalue weighted by molar-refractivity contribution is -0.139. The molecule has 0 bridgehead atoms.